The minimum atomic E-state index is 0.376. The predicted molar refractivity (Wildman–Crippen MR) is 89.2 cm³/mol. The van der Waals surface area contributed by atoms with E-state index in [1.807, 2.05) is 28.8 Å². The van der Waals surface area contributed by atoms with Gasteiger partial charge in [0, 0.05) is 36.8 Å². The first kappa shape index (κ1) is 14.4. The van der Waals surface area contributed by atoms with Gasteiger partial charge in [0.1, 0.15) is 5.75 Å². The highest BCUT2D eigenvalue weighted by Gasteiger charge is 2.23. The lowest BCUT2D eigenvalue weighted by molar-refractivity contribution is 0.415. The second-order valence-electron chi connectivity index (χ2n) is 5.50. The molecule has 0 radical (unpaired) electrons. The lowest BCUT2D eigenvalue weighted by atomic mass is 9.99. The molecular formula is C16H16ClN5O. The van der Waals surface area contributed by atoms with E-state index in [2.05, 4.69) is 27.2 Å². The molecule has 23 heavy (non-hydrogen) atoms. The molecule has 3 aromatic rings. The van der Waals surface area contributed by atoms with Gasteiger partial charge in [0.2, 0.25) is 0 Å². The number of nitrogens with one attached hydrogen (secondary N) is 2. The molecule has 1 aliphatic heterocycles. The summed E-state index contributed by atoms with van der Waals surface area (Å²) < 4.78 is 7.41. The summed E-state index contributed by atoms with van der Waals surface area (Å²) in [6.45, 7) is 1.76. The van der Waals surface area contributed by atoms with E-state index in [0.717, 1.165) is 29.8 Å². The first-order chi connectivity index (χ1) is 11.3. The van der Waals surface area contributed by atoms with Gasteiger partial charge in [-0.15, -0.1) is 5.10 Å². The van der Waals surface area contributed by atoms with Crippen LogP contribution in [0.2, 0.25) is 5.02 Å². The highest BCUT2D eigenvalue weighted by atomic mass is 35.5. The van der Waals surface area contributed by atoms with Crippen LogP contribution in [0.1, 0.15) is 11.5 Å². The Hall–Kier alpha value is -2.15. The maximum absolute atomic E-state index is 6.33. The highest BCUT2D eigenvalue weighted by molar-refractivity contribution is 6.32. The maximum atomic E-state index is 6.33. The quantitative estimate of drug-likeness (QED) is 0.772. The molecule has 7 heteroatoms. The fourth-order valence-electron chi connectivity index (χ4n) is 3.03. The number of halogens is 1. The number of rotatable bonds is 3. The van der Waals surface area contributed by atoms with Gasteiger partial charge in [-0.05, 0) is 29.8 Å². The Kier molecular flexibility index (Phi) is 3.65. The summed E-state index contributed by atoms with van der Waals surface area (Å²) in [4.78, 5) is 0. The number of aromatic nitrogens is 3. The smallest absolute Gasteiger partial charge is 0.159 e. The Morgan fingerprint density at radius 1 is 1.30 bits per heavy atom. The molecule has 0 spiro atoms. The third-order valence-corrected chi connectivity index (χ3v) is 4.47. The van der Waals surface area contributed by atoms with Gasteiger partial charge in [-0.1, -0.05) is 11.6 Å². The number of fused-ring (bicyclic) bond motifs is 1. The molecule has 1 aromatic carbocycles. The van der Waals surface area contributed by atoms with E-state index in [1.54, 1.807) is 13.3 Å². The van der Waals surface area contributed by atoms with Gasteiger partial charge >= 0.3 is 0 Å². The van der Waals surface area contributed by atoms with Gasteiger partial charge in [0.05, 0.1) is 17.6 Å². The van der Waals surface area contributed by atoms with Crippen molar-refractivity contribution in [1.29, 1.82) is 0 Å². The lowest BCUT2D eigenvalue weighted by Crippen LogP contribution is -2.21. The molecule has 2 aromatic heterocycles. The SMILES string of the molecule is COc1cc2c(C3CNNC3)cn(-c3cccnn3)c2cc1Cl. The summed E-state index contributed by atoms with van der Waals surface area (Å²) in [5.74, 6) is 1.82. The standard InChI is InChI=1S/C16H16ClN5O/c1-23-15-5-11-12(10-7-19-20-8-10)9-22(14(11)6-13(15)17)16-3-2-4-18-21-16/h2-6,9-10,19-20H,7-8H2,1H3. The van der Waals surface area contributed by atoms with Crippen molar-refractivity contribution >= 4 is 22.5 Å². The van der Waals surface area contributed by atoms with Crippen LogP contribution >= 0.6 is 11.6 Å². The molecule has 2 N–H and O–H groups in total. The average Bonchev–Trinajstić information content (AvgIpc) is 3.22. The van der Waals surface area contributed by atoms with E-state index in [1.165, 1.54) is 5.56 Å². The molecule has 0 aliphatic carbocycles. The van der Waals surface area contributed by atoms with Crippen molar-refractivity contribution in [1.82, 2.24) is 25.6 Å². The summed E-state index contributed by atoms with van der Waals surface area (Å²) in [7, 11) is 1.63. The highest BCUT2D eigenvalue weighted by Crippen LogP contribution is 2.36. The minimum absolute atomic E-state index is 0.376. The third kappa shape index (κ3) is 2.45. The van der Waals surface area contributed by atoms with Crippen molar-refractivity contribution in [3.63, 3.8) is 0 Å². The van der Waals surface area contributed by atoms with Crippen LogP contribution in [-0.4, -0.2) is 35.0 Å². The first-order valence-corrected chi connectivity index (χ1v) is 7.78. The number of hydrazine groups is 1. The Bertz CT molecular complexity index is 843. The summed E-state index contributed by atoms with van der Waals surface area (Å²) >= 11 is 6.33. The number of methoxy groups -OCH3 is 1. The second-order valence-corrected chi connectivity index (χ2v) is 5.91. The van der Waals surface area contributed by atoms with E-state index in [-0.39, 0.29) is 0 Å². The van der Waals surface area contributed by atoms with E-state index in [0.29, 0.717) is 16.7 Å². The molecule has 6 nitrogen and oxygen atoms in total. The number of nitrogens with zero attached hydrogens (tertiary/aromatic N) is 3. The summed E-state index contributed by atoms with van der Waals surface area (Å²) in [6, 6.07) is 7.72. The minimum Gasteiger partial charge on any atom is -0.495 e. The van der Waals surface area contributed by atoms with Crippen molar-refractivity contribution in [2.75, 3.05) is 20.2 Å². The molecule has 1 saturated heterocycles. The Balaban J connectivity index is 1.97. The van der Waals surface area contributed by atoms with E-state index < -0.39 is 0 Å². The monoisotopic (exact) mass is 329 g/mol. The number of ether oxygens (including phenoxy) is 1. The Labute approximate surface area is 138 Å². The molecule has 1 aliphatic rings. The van der Waals surface area contributed by atoms with Crippen molar-refractivity contribution in [2.24, 2.45) is 0 Å². The first-order valence-electron chi connectivity index (χ1n) is 7.40. The molecule has 118 valence electrons. The van der Waals surface area contributed by atoms with Crippen molar-refractivity contribution in [2.45, 2.75) is 5.92 Å². The van der Waals surface area contributed by atoms with E-state index >= 15 is 0 Å². The van der Waals surface area contributed by atoms with Crippen LogP contribution in [0.4, 0.5) is 0 Å². The molecule has 1 fully saturated rings. The molecule has 0 bridgehead atoms. The van der Waals surface area contributed by atoms with Crippen LogP contribution in [0.3, 0.4) is 0 Å². The average molecular weight is 330 g/mol. The fraction of sp³-hybridized carbons (Fsp3) is 0.250. The molecular weight excluding hydrogens is 314 g/mol. The van der Waals surface area contributed by atoms with Gasteiger partial charge < -0.3 is 4.74 Å². The van der Waals surface area contributed by atoms with Crippen LogP contribution in [0.25, 0.3) is 16.7 Å². The molecule has 3 heterocycles. The summed E-state index contributed by atoms with van der Waals surface area (Å²) in [5.41, 5.74) is 8.59. The van der Waals surface area contributed by atoms with Crippen molar-refractivity contribution in [3.05, 3.63) is 47.2 Å². The van der Waals surface area contributed by atoms with Gasteiger partial charge in [-0.3, -0.25) is 15.4 Å². The van der Waals surface area contributed by atoms with E-state index in [9.17, 15) is 0 Å². The summed E-state index contributed by atoms with van der Waals surface area (Å²) in [6.07, 6.45) is 3.78. The Morgan fingerprint density at radius 3 is 2.83 bits per heavy atom. The van der Waals surface area contributed by atoms with Gasteiger partial charge in [-0.2, -0.15) is 5.10 Å². The molecule has 0 amide bonds. The number of hydrogen-bond donors (Lipinski definition) is 2. The van der Waals surface area contributed by atoms with Gasteiger partial charge in [0.15, 0.2) is 5.82 Å². The zero-order valence-electron chi connectivity index (χ0n) is 12.6. The normalized spacial score (nSPS) is 15.4. The number of benzene rings is 1. The molecule has 0 unspecified atom stereocenters. The van der Waals surface area contributed by atoms with Crippen molar-refractivity contribution < 1.29 is 4.74 Å². The Morgan fingerprint density at radius 2 is 2.13 bits per heavy atom. The predicted octanol–water partition coefficient (Wildman–Crippen LogP) is 2.27. The fourth-order valence-corrected chi connectivity index (χ4v) is 3.26. The summed E-state index contributed by atoms with van der Waals surface area (Å²) in [5, 5.41) is 9.90. The van der Waals surface area contributed by atoms with Crippen LogP contribution in [0.5, 0.6) is 5.75 Å². The van der Waals surface area contributed by atoms with Crippen LogP contribution in [-0.2, 0) is 0 Å². The third-order valence-electron chi connectivity index (χ3n) is 4.18. The maximum Gasteiger partial charge on any atom is 0.159 e. The topological polar surface area (TPSA) is 64.0 Å². The van der Waals surface area contributed by atoms with Crippen molar-refractivity contribution in [3.8, 4) is 11.6 Å². The van der Waals surface area contributed by atoms with Gasteiger partial charge in [0.25, 0.3) is 0 Å². The zero-order chi connectivity index (χ0) is 15.8. The number of hydrogen-bond acceptors (Lipinski definition) is 5. The molecule has 4 rings (SSSR count). The van der Waals surface area contributed by atoms with E-state index in [4.69, 9.17) is 16.3 Å². The molecule has 0 saturated carbocycles. The molecule has 0 atom stereocenters. The van der Waals surface area contributed by atoms with Crippen LogP contribution in [0, 0.1) is 0 Å². The second kappa shape index (κ2) is 5.81. The van der Waals surface area contributed by atoms with Crippen LogP contribution in [0.15, 0.2) is 36.7 Å². The zero-order valence-corrected chi connectivity index (χ0v) is 13.3. The van der Waals surface area contributed by atoms with Gasteiger partial charge in [-0.25, -0.2) is 0 Å². The lowest BCUT2D eigenvalue weighted by Gasteiger charge is -2.08. The largest absolute Gasteiger partial charge is 0.495 e. The van der Waals surface area contributed by atoms with Crippen LogP contribution < -0.4 is 15.6 Å².